The van der Waals surface area contributed by atoms with Gasteiger partial charge in [-0.2, -0.15) is 0 Å². The summed E-state index contributed by atoms with van der Waals surface area (Å²) < 4.78 is 1.15. The van der Waals surface area contributed by atoms with Gasteiger partial charge in [-0.1, -0.05) is 30.3 Å². The van der Waals surface area contributed by atoms with E-state index < -0.39 is 0 Å². The third-order valence-electron chi connectivity index (χ3n) is 2.78. The number of rotatable bonds is 2. The highest BCUT2D eigenvalue weighted by Gasteiger charge is 2.03. The van der Waals surface area contributed by atoms with Crippen molar-refractivity contribution in [3.8, 4) is 5.75 Å². The number of benzene rings is 2. The van der Waals surface area contributed by atoms with Gasteiger partial charge in [-0.15, -0.1) is 11.3 Å². The van der Waals surface area contributed by atoms with Gasteiger partial charge in [-0.25, -0.2) is 0 Å². The summed E-state index contributed by atoms with van der Waals surface area (Å²) in [4.78, 5) is 1.33. The van der Waals surface area contributed by atoms with Crippen LogP contribution in [-0.4, -0.2) is 5.11 Å². The van der Waals surface area contributed by atoms with E-state index in [4.69, 9.17) is 0 Å². The second-order valence-corrected chi connectivity index (χ2v) is 5.27. The third-order valence-corrected chi connectivity index (χ3v) is 3.87. The van der Waals surface area contributed by atoms with E-state index in [1.165, 1.54) is 15.8 Å². The Labute approximate surface area is 104 Å². The molecule has 1 heterocycles. The van der Waals surface area contributed by atoms with E-state index >= 15 is 0 Å². The monoisotopic (exact) mass is 240 g/mol. The zero-order chi connectivity index (χ0) is 11.7. The molecule has 0 aliphatic carbocycles. The quantitative estimate of drug-likeness (QED) is 0.711. The lowest BCUT2D eigenvalue weighted by Gasteiger charge is -1.96. The molecule has 0 radical (unpaired) electrons. The van der Waals surface area contributed by atoms with Crippen LogP contribution in [-0.2, 0) is 6.42 Å². The summed E-state index contributed by atoms with van der Waals surface area (Å²) in [6, 6.07) is 18.2. The van der Waals surface area contributed by atoms with Gasteiger partial charge >= 0.3 is 0 Å². The molecule has 0 spiro atoms. The topological polar surface area (TPSA) is 20.2 Å². The van der Waals surface area contributed by atoms with Crippen molar-refractivity contribution in [2.45, 2.75) is 6.42 Å². The average molecular weight is 240 g/mol. The van der Waals surface area contributed by atoms with Crippen molar-refractivity contribution in [1.29, 1.82) is 0 Å². The summed E-state index contributed by atoms with van der Waals surface area (Å²) in [7, 11) is 0. The normalized spacial score (nSPS) is 10.8. The van der Waals surface area contributed by atoms with Crippen LogP contribution in [0.1, 0.15) is 10.4 Å². The molecule has 0 saturated carbocycles. The van der Waals surface area contributed by atoms with Gasteiger partial charge in [0.05, 0.1) is 0 Å². The van der Waals surface area contributed by atoms with Crippen molar-refractivity contribution >= 4 is 21.4 Å². The lowest BCUT2D eigenvalue weighted by molar-refractivity contribution is 0.476. The first-order chi connectivity index (χ1) is 8.31. The van der Waals surface area contributed by atoms with E-state index in [1.54, 1.807) is 17.4 Å². The van der Waals surface area contributed by atoms with Crippen molar-refractivity contribution in [1.82, 2.24) is 0 Å². The molecule has 2 heteroatoms. The molecule has 0 bridgehead atoms. The Morgan fingerprint density at radius 1 is 0.941 bits per heavy atom. The maximum atomic E-state index is 9.44. The molecule has 0 amide bonds. The zero-order valence-corrected chi connectivity index (χ0v) is 10.1. The number of aromatic hydroxyl groups is 1. The van der Waals surface area contributed by atoms with Gasteiger partial charge in [0.15, 0.2) is 0 Å². The Balaban J connectivity index is 1.96. The summed E-state index contributed by atoms with van der Waals surface area (Å²) >= 11 is 1.75. The van der Waals surface area contributed by atoms with E-state index in [0.717, 1.165) is 11.1 Å². The van der Waals surface area contributed by atoms with Crippen LogP contribution in [0.25, 0.3) is 10.1 Å². The van der Waals surface area contributed by atoms with Gasteiger partial charge in [0.2, 0.25) is 0 Å². The fourth-order valence-electron chi connectivity index (χ4n) is 1.96. The van der Waals surface area contributed by atoms with Gasteiger partial charge in [0.1, 0.15) is 5.75 Å². The molecule has 1 aromatic heterocycles. The molecule has 3 aromatic rings. The van der Waals surface area contributed by atoms with Crippen LogP contribution >= 0.6 is 11.3 Å². The van der Waals surface area contributed by atoms with Crippen LogP contribution < -0.4 is 0 Å². The van der Waals surface area contributed by atoms with Gasteiger partial charge in [0, 0.05) is 16.0 Å². The number of phenols is 1. The van der Waals surface area contributed by atoms with Crippen LogP contribution in [0.5, 0.6) is 5.75 Å². The summed E-state index contributed by atoms with van der Waals surface area (Å²) in [5, 5.41) is 10.6. The molecule has 0 aliphatic heterocycles. The molecule has 0 fully saturated rings. The second kappa shape index (κ2) is 4.22. The molecule has 2 aromatic carbocycles. The number of thiophene rings is 1. The SMILES string of the molecule is Oc1ccc2cc(Cc3ccccc3)sc2c1. The highest BCUT2D eigenvalue weighted by molar-refractivity contribution is 7.19. The average Bonchev–Trinajstić information content (AvgIpc) is 2.71. The van der Waals surface area contributed by atoms with Crippen molar-refractivity contribution in [2.75, 3.05) is 0 Å². The second-order valence-electron chi connectivity index (χ2n) is 4.10. The predicted octanol–water partition coefficient (Wildman–Crippen LogP) is 4.20. The summed E-state index contributed by atoms with van der Waals surface area (Å²) in [5.74, 6) is 0.339. The fraction of sp³-hybridized carbons (Fsp3) is 0.0667. The summed E-state index contributed by atoms with van der Waals surface area (Å²) in [6.45, 7) is 0. The molecule has 17 heavy (non-hydrogen) atoms. The standard InChI is InChI=1S/C15H12OS/c16-13-7-6-12-9-14(17-15(12)10-13)8-11-4-2-1-3-5-11/h1-7,9-10,16H,8H2. The Kier molecular flexibility index (Phi) is 2.57. The van der Waals surface area contributed by atoms with Crippen molar-refractivity contribution in [2.24, 2.45) is 0 Å². The van der Waals surface area contributed by atoms with Crippen LogP contribution in [0.3, 0.4) is 0 Å². The smallest absolute Gasteiger partial charge is 0.117 e. The van der Waals surface area contributed by atoms with Gasteiger partial charge in [0.25, 0.3) is 0 Å². The molecule has 3 rings (SSSR count). The zero-order valence-electron chi connectivity index (χ0n) is 9.26. The maximum Gasteiger partial charge on any atom is 0.117 e. The molecule has 0 aliphatic rings. The molecule has 0 atom stereocenters. The molecule has 0 saturated heterocycles. The van der Waals surface area contributed by atoms with Crippen molar-refractivity contribution < 1.29 is 5.11 Å². The first-order valence-corrected chi connectivity index (χ1v) is 6.38. The maximum absolute atomic E-state index is 9.44. The van der Waals surface area contributed by atoms with Crippen LogP contribution in [0.15, 0.2) is 54.6 Å². The van der Waals surface area contributed by atoms with Gasteiger partial charge in [-0.05, 0) is 35.2 Å². The van der Waals surface area contributed by atoms with Gasteiger partial charge in [-0.3, -0.25) is 0 Å². The van der Waals surface area contributed by atoms with Crippen molar-refractivity contribution in [3.05, 3.63) is 65.0 Å². The summed E-state index contributed by atoms with van der Waals surface area (Å²) in [5.41, 5.74) is 1.32. The van der Waals surface area contributed by atoms with E-state index in [-0.39, 0.29) is 0 Å². The predicted molar refractivity (Wildman–Crippen MR) is 72.7 cm³/mol. The largest absolute Gasteiger partial charge is 0.508 e. The minimum Gasteiger partial charge on any atom is -0.508 e. The van der Waals surface area contributed by atoms with Crippen molar-refractivity contribution in [3.63, 3.8) is 0 Å². The van der Waals surface area contributed by atoms with E-state index in [2.05, 4.69) is 30.3 Å². The molecular weight excluding hydrogens is 228 g/mol. The Bertz CT molecular complexity index is 640. The molecule has 84 valence electrons. The number of phenolic OH excluding ortho intramolecular Hbond substituents is 1. The Morgan fingerprint density at radius 2 is 1.76 bits per heavy atom. The minimum atomic E-state index is 0.339. The lowest BCUT2D eigenvalue weighted by atomic mass is 10.1. The molecular formula is C15H12OS. The van der Waals surface area contributed by atoms with Crippen LogP contribution in [0.4, 0.5) is 0 Å². The third kappa shape index (κ3) is 2.17. The van der Waals surface area contributed by atoms with Crippen LogP contribution in [0.2, 0.25) is 0 Å². The highest BCUT2D eigenvalue weighted by Crippen LogP contribution is 2.29. The minimum absolute atomic E-state index is 0.339. The molecule has 1 N–H and O–H groups in total. The number of hydrogen-bond acceptors (Lipinski definition) is 2. The lowest BCUT2D eigenvalue weighted by Crippen LogP contribution is -1.81. The van der Waals surface area contributed by atoms with E-state index in [0.29, 0.717) is 5.75 Å². The first-order valence-electron chi connectivity index (χ1n) is 5.57. The number of fused-ring (bicyclic) bond motifs is 1. The molecule has 1 nitrogen and oxygen atoms in total. The Morgan fingerprint density at radius 3 is 2.59 bits per heavy atom. The summed E-state index contributed by atoms with van der Waals surface area (Å²) in [6.07, 6.45) is 0.959. The van der Waals surface area contributed by atoms with E-state index in [9.17, 15) is 5.11 Å². The first kappa shape index (κ1) is 10.4. The Hall–Kier alpha value is -1.80. The molecule has 0 unspecified atom stereocenters. The fourth-order valence-corrected chi connectivity index (χ4v) is 3.09. The van der Waals surface area contributed by atoms with Crippen LogP contribution in [0, 0.1) is 0 Å². The van der Waals surface area contributed by atoms with E-state index in [1.807, 2.05) is 18.2 Å². The number of hydrogen-bond donors (Lipinski definition) is 1. The van der Waals surface area contributed by atoms with Gasteiger partial charge < -0.3 is 5.11 Å². The highest BCUT2D eigenvalue weighted by atomic mass is 32.1.